The van der Waals surface area contributed by atoms with Crippen molar-refractivity contribution in [3.05, 3.63) is 12.7 Å². The quantitative estimate of drug-likeness (QED) is 0.125. The number of rotatable bonds is 14. The highest BCUT2D eigenvalue weighted by molar-refractivity contribution is 8.13. The summed E-state index contributed by atoms with van der Waals surface area (Å²) < 4.78 is 4.82. The molecule has 11 nitrogen and oxygen atoms in total. The molecule has 0 spiro atoms. The molecule has 0 aliphatic rings. The summed E-state index contributed by atoms with van der Waals surface area (Å²) in [6.45, 7) is 3.11. The zero-order valence-corrected chi connectivity index (χ0v) is 16.0. The van der Waals surface area contributed by atoms with Crippen LogP contribution in [-0.2, 0) is 28.7 Å². The van der Waals surface area contributed by atoms with E-state index in [1.807, 2.05) is 0 Å². The molecule has 3 atom stereocenters. The molecule has 158 valence electrons. The van der Waals surface area contributed by atoms with Crippen LogP contribution in [0.4, 0.5) is 0 Å². The number of carboxylic acids is 2. The number of carboxylic acid groups (broad SMARTS) is 2. The lowest BCUT2D eigenvalue weighted by Crippen LogP contribution is -2.63. The van der Waals surface area contributed by atoms with Gasteiger partial charge in [0.1, 0.15) is 6.61 Å². The summed E-state index contributed by atoms with van der Waals surface area (Å²) in [7, 11) is 0. The molecule has 0 unspecified atom stereocenters. The van der Waals surface area contributed by atoms with Crippen molar-refractivity contribution in [3.8, 4) is 0 Å². The first-order valence-electron chi connectivity index (χ1n) is 8.18. The van der Waals surface area contributed by atoms with Gasteiger partial charge in [-0.05, 0) is 12.8 Å². The van der Waals surface area contributed by atoms with E-state index in [4.69, 9.17) is 32.2 Å². The molecule has 0 aliphatic carbocycles. The van der Waals surface area contributed by atoms with Gasteiger partial charge in [0.15, 0.2) is 11.3 Å². The van der Waals surface area contributed by atoms with Crippen LogP contribution in [0, 0.1) is 0 Å². The Morgan fingerprint density at radius 2 is 1.54 bits per heavy atom. The topological polar surface area (TPSA) is 213 Å². The van der Waals surface area contributed by atoms with Crippen LogP contribution in [0.1, 0.15) is 25.7 Å². The predicted molar refractivity (Wildman–Crippen MR) is 100 cm³/mol. The zero-order valence-electron chi connectivity index (χ0n) is 15.2. The third kappa shape index (κ3) is 8.61. The van der Waals surface area contributed by atoms with Gasteiger partial charge in [0.25, 0.3) is 0 Å². The number of Topliss-reactive ketones (excluding diaryl/α,β-unsaturated/α-hetero) is 1. The van der Waals surface area contributed by atoms with Crippen LogP contribution in [0.3, 0.4) is 0 Å². The number of esters is 1. The fraction of sp³-hybridized carbons (Fsp3) is 0.562. The SMILES string of the molecule is C=CCOC(=O)[C@@](N)(CSC(=O)[C@@H](N)CCC(=O)O)C(=O)[C@@H](N)CCC(=O)O. The van der Waals surface area contributed by atoms with Crippen molar-refractivity contribution >= 4 is 40.6 Å². The maximum Gasteiger partial charge on any atom is 0.335 e. The molecule has 12 heteroatoms. The van der Waals surface area contributed by atoms with Gasteiger partial charge in [-0.25, -0.2) is 4.79 Å². The average molecular weight is 419 g/mol. The Bertz CT molecular complexity index is 627. The van der Waals surface area contributed by atoms with E-state index in [2.05, 4.69) is 6.58 Å². The highest BCUT2D eigenvalue weighted by Gasteiger charge is 2.46. The summed E-state index contributed by atoms with van der Waals surface area (Å²) in [6.07, 6.45) is 0.0933. The summed E-state index contributed by atoms with van der Waals surface area (Å²) in [6, 6.07) is -2.50. The van der Waals surface area contributed by atoms with Crippen LogP contribution < -0.4 is 17.2 Å². The Kier molecular flexibility index (Phi) is 11.2. The molecule has 0 aliphatic heterocycles. The van der Waals surface area contributed by atoms with Crippen molar-refractivity contribution in [1.29, 1.82) is 0 Å². The maximum absolute atomic E-state index is 12.6. The third-order valence-electron chi connectivity index (χ3n) is 3.56. The first kappa shape index (κ1) is 25.7. The molecule has 0 rings (SSSR count). The molecule has 0 fully saturated rings. The van der Waals surface area contributed by atoms with Gasteiger partial charge in [-0.2, -0.15) is 0 Å². The maximum atomic E-state index is 12.6. The van der Waals surface area contributed by atoms with Crippen molar-refractivity contribution in [2.45, 2.75) is 43.3 Å². The molecule has 0 amide bonds. The van der Waals surface area contributed by atoms with Crippen molar-refractivity contribution in [2.24, 2.45) is 17.2 Å². The number of carbonyl (C=O) groups excluding carboxylic acids is 3. The van der Waals surface area contributed by atoms with E-state index in [0.29, 0.717) is 11.8 Å². The van der Waals surface area contributed by atoms with Gasteiger partial charge in [-0.1, -0.05) is 24.4 Å². The lowest BCUT2D eigenvalue weighted by Gasteiger charge is -2.28. The summed E-state index contributed by atoms with van der Waals surface area (Å²) in [4.78, 5) is 58.1. The highest BCUT2D eigenvalue weighted by Crippen LogP contribution is 2.20. The second kappa shape index (κ2) is 12.2. The molecule has 0 aromatic heterocycles. The number of hydrogen-bond acceptors (Lipinski definition) is 10. The van der Waals surface area contributed by atoms with Gasteiger partial charge in [0, 0.05) is 18.6 Å². The average Bonchev–Trinajstić information content (AvgIpc) is 2.65. The lowest BCUT2D eigenvalue weighted by molar-refractivity contribution is -0.152. The van der Waals surface area contributed by atoms with Gasteiger partial charge in [-0.15, -0.1) is 0 Å². The van der Waals surface area contributed by atoms with Gasteiger partial charge in [0.2, 0.25) is 5.12 Å². The standard InChI is InChI=1S/C16H25N3O8S/c1-2-7-27-15(26)16(19,13(24)9(17)3-5-11(20)21)8-28-14(25)10(18)4-6-12(22)23/h2,9-10H,1,3-8,17-19H2,(H,20,21)(H,22,23)/t9-,10-,16+/m0/s1. The van der Waals surface area contributed by atoms with E-state index < -0.39 is 58.6 Å². The molecule has 0 aromatic carbocycles. The molecule has 0 saturated heterocycles. The summed E-state index contributed by atoms with van der Waals surface area (Å²) in [5, 5.41) is 16.6. The number of thioether (sulfide) groups is 1. The fourth-order valence-corrected chi connectivity index (χ4v) is 2.89. The van der Waals surface area contributed by atoms with Crippen LogP contribution in [-0.4, -0.2) is 69.0 Å². The molecular formula is C16H25N3O8S. The summed E-state index contributed by atoms with van der Waals surface area (Å²) in [5.74, 6) is -5.00. The minimum atomic E-state index is -2.31. The Hall–Kier alpha value is -2.28. The number of ether oxygens (including phenoxy) is 1. The van der Waals surface area contributed by atoms with Crippen LogP contribution in [0.25, 0.3) is 0 Å². The third-order valence-corrected chi connectivity index (χ3v) is 4.74. The van der Waals surface area contributed by atoms with Gasteiger partial charge < -0.3 is 32.2 Å². The van der Waals surface area contributed by atoms with Crippen LogP contribution in [0.5, 0.6) is 0 Å². The van der Waals surface area contributed by atoms with Crippen LogP contribution in [0.15, 0.2) is 12.7 Å². The second-order valence-corrected chi connectivity index (χ2v) is 6.89. The monoisotopic (exact) mass is 419 g/mol. The second-order valence-electron chi connectivity index (χ2n) is 5.91. The number of ketones is 1. The smallest absolute Gasteiger partial charge is 0.335 e. The summed E-state index contributed by atoms with van der Waals surface area (Å²) in [5.41, 5.74) is 14.8. The van der Waals surface area contributed by atoms with Crippen molar-refractivity contribution in [3.63, 3.8) is 0 Å². The first-order valence-corrected chi connectivity index (χ1v) is 9.17. The number of carbonyl (C=O) groups is 5. The fourth-order valence-electron chi connectivity index (χ4n) is 1.92. The predicted octanol–water partition coefficient (Wildman–Crippen LogP) is -1.37. The van der Waals surface area contributed by atoms with Gasteiger partial charge in [0.05, 0.1) is 12.1 Å². The molecule has 0 bridgehead atoms. The first-order chi connectivity index (χ1) is 13.0. The van der Waals surface area contributed by atoms with Crippen molar-refractivity contribution in [1.82, 2.24) is 0 Å². The van der Waals surface area contributed by atoms with Gasteiger partial charge >= 0.3 is 17.9 Å². The lowest BCUT2D eigenvalue weighted by atomic mass is 9.90. The van der Waals surface area contributed by atoms with E-state index >= 15 is 0 Å². The zero-order chi connectivity index (χ0) is 21.9. The number of nitrogens with two attached hydrogens (primary N) is 3. The van der Waals surface area contributed by atoms with Crippen molar-refractivity contribution in [2.75, 3.05) is 12.4 Å². The summed E-state index contributed by atoms with van der Waals surface area (Å²) >= 11 is 0.474. The van der Waals surface area contributed by atoms with Gasteiger partial charge in [-0.3, -0.25) is 19.2 Å². The van der Waals surface area contributed by atoms with Crippen LogP contribution in [0.2, 0.25) is 0 Å². The van der Waals surface area contributed by atoms with E-state index in [1.54, 1.807) is 0 Å². The Balaban J connectivity index is 5.23. The molecule has 0 aromatic rings. The van der Waals surface area contributed by atoms with E-state index in [0.717, 1.165) is 0 Å². The van der Waals surface area contributed by atoms with Crippen LogP contribution >= 0.6 is 11.8 Å². The van der Waals surface area contributed by atoms with E-state index in [9.17, 15) is 24.0 Å². The normalized spacial score (nSPS) is 15.0. The van der Waals surface area contributed by atoms with E-state index in [1.165, 1.54) is 6.08 Å². The Morgan fingerprint density at radius 1 is 1.04 bits per heavy atom. The minimum Gasteiger partial charge on any atom is -0.481 e. The Labute approximate surface area is 165 Å². The largest absolute Gasteiger partial charge is 0.481 e. The highest BCUT2D eigenvalue weighted by atomic mass is 32.2. The Morgan fingerprint density at radius 3 is 2.00 bits per heavy atom. The molecule has 28 heavy (non-hydrogen) atoms. The number of aliphatic carboxylic acids is 2. The molecule has 0 saturated carbocycles. The minimum absolute atomic E-state index is 0.133. The number of hydrogen-bond donors (Lipinski definition) is 5. The molecule has 0 radical (unpaired) electrons. The molecular weight excluding hydrogens is 394 g/mol. The van der Waals surface area contributed by atoms with Crippen molar-refractivity contribution < 1.29 is 38.9 Å². The molecule has 0 heterocycles. The molecule has 8 N–H and O–H groups in total. The van der Waals surface area contributed by atoms with E-state index in [-0.39, 0.29) is 25.9 Å².